The lowest BCUT2D eigenvalue weighted by molar-refractivity contribution is -0.115. The molecule has 4 aliphatic carbocycles. The van der Waals surface area contributed by atoms with Crippen LogP contribution in [0.2, 0.25) is 0 Å². The summed E-state index contributed by atoms with van der Waals surface area (Å²) in [5.74, 6) is 5.07. The molecule has 8 atom stereocenters. The average Bonchev–Trinajstić information content (AvgIpc) is 3.23. The van der Waals surface area contributed by atoms with E-state index in [0.717, 1.165) is 42.9 Å². The van der Waals surface area contributed by atoms with E-state index in [1.165, 1.54) is 31.3 Å². The SMILES string of the molecule is CC1=CC(=O)CCCC2CCC3(C)C(C#N)C4CC4C3C2C(C)C1. The molecule has 0 radical (unpaired) electrons. The zero-order chi connectivity index (χ0) is 17.1. The van der Waals surface area contributed by atoms with E-state index >= 15 is 0 Å². The van der Waals surface area contributed by atoms with E-state index in [1.54, 1.807) is 0 Å². The van der Waals surface area contributed by atoms with Crippen LogP contribution >= 0.6 is 0 Å². The molecule has 3 fully saturated rings. The van der Waals surface area contributed by atoms with Crippen LogP contribution in [0.1, 0.15) is 65.7 Å². The highest BCUT2D eigenvalue weighted by molar-refractivity contribution is 5.90. The van der Waals surface area contributed by atoms with Crippen LogP contribution in [0.3, 0.4) is 0 Å². The minimum atomic E-state index is 0.259. The Labute approximate surface area is 146 Å². The van der Waals surface area contributed by atoms with Gasteiger partial charge in [-0.3, -0.25) is 4.79 Å². The second kappa shape index (κ2) is 5.72. The number of nitrogens with zero attached hydrogens (tertiary/aromatic N) is 1. The quantitative estimate of drug-likeness (QED) is 0.618. The minimum absolute atomic E-state index is 0.259. The zero-order valence-corrected chi connectivity index (χ0v) is 15.4. The van der Waals surface area contributed by atoms with Gasteiger partial charge in [-0.05, 0) is 92.4 Å². The summed E-state index contributed by atoms with van der Waals surface area (Å²) >= 11 is 0. The summed E-state index contributed by atoms with van der Waals surface area (Å²) in [6, 6.07) is 2.71. The van der Waals surface area contributed by atoms with Gasteiger partial charge >= 0.3 is 0 Å². The molecule has 0 spiro atoms. The van der Waals surface area contributed by atoms with Crippen molar-refractivity contribution in [2.75, 3.05) is 0 Å². The topological polar surface area (TPSA) is 40.9 Å². The van der Waals surface area contributed by atoms with Gasteiger partial charge in [0.1, 0.15) is 0 Å². The average molecular weight is 325 g/mol. The van der Waals surface area contributed by atoms with Crippen molar-refractivity contribution in [2.45, 2.75) is 65.7 Å². The van der Waals surface area contributed by atoms with E-state index in [4.69, 9.17) is 0 Å². The third-order valence-corrected chi connectivity index (χ3v) is 8.11. The van der Waals surface area contributed by atoms with Crippen molar-refractivity contribution in [3.05, 3.63) is 11.6 Å². The fourth-order valence-electron chi connectivity index (χ4n) is 7.23. The second-order valence-corrected chi connectivity index (χ2v) is 9.61. The van der Waals surface area contributed by atoms with Crippen molar-refractivity contribution in [2.24, 2.45) is 46.8 Å². The first-order valence-electron chi connectivity index (χ1n) is 10.1. The van der Waals surface area contributed by atoms with Gasteiger partial charge in [-0.25, -0.2) is 0 Å². The highest BCUT2D eigenvalue weighted by atomic mass is 16.1. The molecule has 3 saturated carbocycles. The Kier molecular flexibility index (Phi) is 3.90. The lowest BCUT2D eigenvalue weighted by Gasteiger charge is -2.51. The number of nitriles is 1. The molecule has 0 N–H and O–H groups in total. The van der Waals surface area contributed by atoms with Gasteiger partial charge in [-0.15, -0.1) is 0 Å². The highest BCUT2D eigenvalue weighted by Gasteiger charge is 2.69. The maximum Gasteiger partial charge on any atom is 0.155 e. The predicted octanol–water partition coefficient (Wildman–Crippen LogP) is 5.15. The Morgan fingerprint density at radius 2 is 2.08 bits per heavy atom. The van der Waals surface area contributed by atoms with E-state index in [9.17, 15) is 10.1 Å². The normalized spacial score (nSPS) is 50.8. The van der Waals surface area contributed by atoms with E-state index < -0.39 is 0 Å². The van der Waals surface area contributed by atoms with Crippen molar-refractivity contribution in [3.8, 4) is 6.07 Å². The van der Waals surface area contributed by atoms with Crippen LogP contribution in [-0.4, -0.2) is 5.78 Å². The van der Waals surface area contributed by atoms with Gasteiger partial charge in [0.25, 0.3) is 0 Å². The molecular formula is C22H31NO. The van der Waals surface area contributed by atoms with Crippen LogP contribution in [0, 0.1) is 58.2 Å². The maximum atomic E-state index is 12.0. The third-order valence-electron chi connectivity index (χ3n) is 8.11. The van der Waals surface area contributed by atoms with Crippen LogP contribution in [0.5, 0.6) is 0 Å². The van der Waals surface area contributed by atoms with E-state index in [1.807, 2.05) is 6.08 Å². The highest BCUT2D eigenvalue weighted by Crippen LogP contribution is 2.73. The summed E-state index contributed by atoms with van der Waals surface area (Å²) in [6.07, 6.45) is 9.78. The minimum Gasteiger partial charge on any atom is -0.295 e. The van der Waals surface area contributed by atoms with Crippen molar-refractivity contribution >= 4 is 5.78 Å². The Balaban J connectivity index is 1.67. The first kappa shape index (κ1) is 16.4. The lowest BCUT2D eigenvalue weighted by atomic mass is 9.52. The van der Waals surface area contributed by atoms with Crippen molar-refractivity contribution in [1.29, 1.82) is 5.26 Å². The molecule has 0 saturated heterocycles. The van der Waals surface area contributed by atoms with Crippen LogP contribution < -0.4 is 0 Å². The number of rotatable bonds is 0. The van der Waals surface area contributed by atoms with Gasteiger partial charge in [-0.2, -0.15) is 5.26 Å². The molecule has 2 nitrogen and oxygen atoms in total. The molecule has 0 aromatic heterocycles. The van der Waals surface area contributed by atoms with Crippen molar-refractivity contribution in [1.82, 2.24) is 0 Å². The number of hydrogen-bond donors (Lipinski definition) is 0. The number of allylic oxidation sites excluding steroid dienone is 2. The Hall–Kier alpha value is -1.10. The molecule has 4 rings (SSSR count). The van der Waals surface area contributed by atoms with Gasteiger partial charge < -0.3 is 0 Å². The first-order valence-corrected chi connectivity index (χ1v) is 10.1. The Bertz CT molecular complexity index is 614. The smallest absolute Gasteiger partial charge is 0.155 e. The summed E-state index contributed by atoms with van der Waals surface area (Å²) in [4.78, 5) is 12.0. The number of fused-ring (bicyclic) bond motifs is 5. The monoisotopic (exact) mass is 325 g/mol. The number of hydrogen-bond acceptors (Lipinski definition) is 2. The fraction of sp³-hybridized carbons (Fsp3) is 0.818. The number of carbonyl (C=O) groups excluding carboxylic acids is 1. The molecule has 2 heteroatoms. The van der Waals surface area contributed by atoms with Crippen LogP contribution in [0.15, 0.2) is 11.6 Å². The summed E-state index contributed by atoms with van der Waals surface area (Å²) < 4.78 is 0. The molecule has 0 bridgehead atoms. The second-order valence-electron chi connectivity index (χ2n) is 9.61. The molecule has 0 aliphatic heterocycles. The van der Waals surface area contributed by atoms with Gasteiger partial charge in [-0.1, -0.05) is 19.4 Å². The zero-order valence-electron chi connectivity index (χ0n) is 15.4. The van der Waals surface area contributed by atoms with Gasteiger partial charge in [0.2, 0.25) is 0 Å². The largest absolute Gasteiger partial charge is 0.295 e. The van der Waals surface area contributed by atoms with Crippen LogP contribution in [-0.2, 0) is 4.79 Å². The Morgan fingerprint density at radius 3 is 2.83 bits per heavy atom. The van der Waals surface area contributed by atoms with Gasteiger partial charge in [0.05, 0.1) is 12.0 Å². The summed E-state index contributed by atoms with van der Waals surface area (Å²) in [6.45, 7) is 7.00. The molecule has 0 heterocycles. The van der Waals surface area contributed by atoms with Crippen LogP contribution in [0.4, 0.5) is 0 Å². The van der Waals surface area contributed by atoms with E-state index in [0.29, 0.717) is 23.5 Å². The van der Waals surface area contributed by atoms with E-state index in [-0.39, 0.29) is 5.41 Å². The van der Waals surface area contributed by atoms with E-state index in [2.05, 4.69) is 26.8 Å². The maximum absolute atomic E-state index is 12.0. The molecule has 24 heavy (non-hydrogen) atoms. The van der Waals surface area contributed by atoms with Crippen LogP contribution in [0.25, 0.3) is 0 Å². The number of carbonyl (C=O) groups is 1. The molecule has 130 valence electrons. The van der Waals surface area contributed by atoms with Crippen molar-refractivity contribution in [3.63, 3.8) is 0 Å². The van der Waals surface area contributed by atoms with Crippen molar-refractivity contribution < 1.29 is 4.79 Å². The lowest BCUT2D eigenvalue weighted by Crippen LogP contribution is -2.46. The van der Waals surface area contributed by atoms with Gasteiger partial charge in [0, 0.05) is 6.42 Å². The molecule has 0 aromatic rings. The van der Waals surface area contributed by atoms with Gasteiger partial charge in [0.15, 0.2) is 5.78 Å². The fourth-order valence-corrected chi connectivity index (χ4v) is 7.23. The third kappa shape index (κ3) is 2.39. The predicted molar refractivity (Wildman–Crippen MR) is 94.9 cm³/mol. The Morgan fingerprint density at radius 1 is 1.29 bits per heavy atom. The molecule has 0 aromatic carbocycles. The summed E-state index contributed by atoms with van der Waals surface area (Å²) in [7, 11) is 0. The summed E-state index contributed by atoms with van der Waals surface area (Å²) in [5, 5.41) is 9.79. The molecule has 0 amide bonds. The summed E-state index contributed by atoms with van der Waals surface area (Å²) in [5.41, 5.74) is 1.53. The number of ketones is 1. The molecule has 8 unspecified atom stereocenters. The molecule has 4 aliphatic rings. The standard InChI is InChI=1S/C22H31NO/c1-13-9-14(2)20-15(5-4-6-16(24)10-13)7-8-22(3)19(12-23)17-11-18(17)21(20)22/h10,14-15,17-21H,4-9,11H2,1-3H3. The molecular weight excluding hydrogens is 294 g/mol. The first-order chi connectivity index (χ1) is 11.5.